The van der Waals surface area contributed by atoms with Crippen LogP contribution in [0.1, 0.15) is 15.9 Å². The largest absolute Gasteiger partial charge is 0.497 e. The Bertz CT molecular complexity index is 1250. The van der Waals surface area contributed by atoms with Gasteiger partial charge in [0.25, 0.3) is 0 Å². The summed E-state index contributed by atoms with van der Waals surface area (Å²) in [5.74, 6) is 0.0587. The summed E-state index contributed by atoms with van der Waals surface area (Å²) in [4.78, 5) is 12.4. The average Bonchev–Trinajstić information content (AvgIpc) is 3.03. The standard InChI is InChI=1S/C22H15FO6S/c1-27-16-6-2-14(3-7-16)12-21-22(24)19-11-8-17(13-20(19)28-21)29-30(25,26)18-9-4-15(23)5-10-18/h2-13H,1H3/b21-12-. The van der Waals surface area contributed by atoms with Crippen molar-refractivity contribution in [1.29, 1.82) is 0 Å². The third-order valence-electron chi connectivity index (χ3n) is 4.36. The van der Waals surface area contributed by atoms with Crippen molar-refractivity contribution in [2.45, 2.75) is 4.90 Å². The number of ether oxygens (including phenoxy) is 2. The number of carbonyl (C=O) groups is 1. The zero-order valence-corrected chi connectivity index (χ0v) is 16.5. The van der Waals surface area contributed by atoms with E-state index in [9.17, 15) is 17.6 Å². The highest BCUT2D eigenvalue weighted by Crippen LogP contribution is 2.35. The van der Waals surface area contributed by atoms with Gasteiger partial charge in [-0.05, 0) is 60.2 Å². The number of Topliss-reactive ketones (excluding diaryl/α,β-unsaturated/α-hetero) is 1. The maximum absolute atomic E-state index is 13.0. The van der Waals surface area contributed by atoms with Crippen LogP contribution in [0.3, 0.4) is 0 Å². The fourth-order valence-electron chi connectivity index (χ4n) is 2.85. The highest BCUT2D eigenvalue weighted by atomic mass is 32.2. The number of benzene rings is 3. The highest BCUT2D eigenvalue weighted by Gasteiger charge is 2.28. The Morgan fingerprint density at radius 2 is 1.60 bits per heavy atom. The first-order valence-electron chi connectivity index (χ1n) is 8.78. The van der Waals surface area contributed by atoms with Crippen LogP contribution in [0.25, 0.3) is 6.08 Å². The van der Waals surface area contributed by atoms with E-state index < -0.39 is 15.9 Å². The smallest absolute Gasteiger partial charge is 0.339 e. The lowest BCUT2D eigenvalue weighted by Crippen LogP contribution is -2.09. The SMILES string of the molecule is COc1ccc(/C=C2\Oc3cc(OS(=O)(=O)c4ccc(F)cc4)ccc3C2=O)cc1. The summed E-state index contributed by atoms with van der Waals surface area (Å²) in [6, 6.07) is 15.4. The topological polar surface area (TPSA) is 78.9 Å². The second kappa shape index (κ2) is 7.64. The van der Waals surface area contributed by atoms with E-state index in [1.54, 1.807) is 37.5 Å². The molecule has 30 heavy (non-hydrogen) atoms. The predicted molar refractivity (Wildman–Crippen MR) is 107 cm³/mol. The van der Waals surface area contributed by atoms with E-state index in [2.05, 4.69) is 0 Å². The zero-order valence-electron chi connectivity index (χ0n) is 15.7. The molecule has 0 aromatic heterocycles. The van der Waals surface area contributed by atoms with Gasteiger partial charge in [-0.1, -0.05) is 12.1 Å². The van der Waals surface area contributed by atoms with Crippen molar-refractivity contribution in [3.63, 3.8) is 0 Å². The van der Waals surface area contributed by atoms with Crippen molar-refractivity contribution in [3.05, 3.63) is 89.4 Å². The average molecular weight is 426 g/mol. The van der Waals surface area contributed by atoms with E-state index in [1.807, 2.05) is 0 Å². The molecule has 0 fully saturated rings. The molecule has 1 aliphatic rings. The molecule has 152 valence electrons. The first-order chi connectivity index (χ1) is 14.4. The third kappa shape index (κ3) is 3.90. The van der Waals surface area contributed by atoms with Crippen LogP contribution in [-0.4, -0.2) is 21.3 Å². The number of hydrogen-bond acceptors (Lipinski definition) is 6. The molecule has 0 atom stereocenters. The van der Waals surface area contributed by atoms with E-state index in [1.165, 1.54) is 18.2 Å². The summed E-state index contributed by atoms with van der Waals surface area (Å²) in [7, 11) is -2.60. The van der Waals surface area contributed by atoms with Gasteiger partial charge >= 0.3 is 10.1 Å². The number of ketones is 1. The van der Waals surface area contributed by atoms with Gasteiger partial charge in [-0.2, -0.15) is 8.42 Å². The fourth-order valence-corrected chi connectivity index (χ4v) is 3.77. The van der Waals surface area contributed by atoms with E-state index in [0.29, 0.717) is 11.3 Å². The predicted octanol–water partition coefficient (Wildman–Crippen LogP) is 4.22. The molecule has 3 aromatic carbocycles. The zero-order chi connectivity index (χ0) is 21.3. The highest BCUT2D eigenvalue weighted by molar-refractivity contribution is 7.87. The van der Waals surface area contributed by atoms with Gasteiger partial charge in [0.05, 0.1) is 12.7 Å². The van der Waals surface area contributed by atoms with E-state index >= 15 is 0 Å². The van der Waals surface area contributed by atoms with Crippen molar-refractivity contribution in [2.24, 2.45) is 0 Å². The molecule has 1 aliphatic heterocycles. The second-order valence-electron chi connectivity index (χ2n) is 6.36. The van der Waals surface area contributed by atoms with E-state index in [4.69, 9.17) is 13.7 Å². The summed E-state index contributed by atoms with van der Waals surface area (Å²) in [5, 5.41) is 0. The number of carbonyl (C=O) groups excluding carboxylic acids is 1. The molecule has 0 saturated heterocycles. The Kier molecular flexibility index (Phi) is 5.01. The second-order valence-corrected chi connectivity index (χ2v) is 7.91. The van der Waals surface area contributed by atoms with Crippen LogP contribution in [0.2, 0.25) is 0 Å². The molecule has 0 aliphatic carbocycles. The van der Waals surface area contributed by atoms with Crippen molar-refractivity contribution in [1.82, 2.24) is 0 Å². The number of hydrogen-bond donors (Lipinski definition) is 0. The first kappa shape index (κ1) is 19.7. The quantitative estimate of drug-likeness (QED) is 0.449. The Morgan fingerprint density at radius 3 is 2.27 bits per heavy atom. The number of allylic oxidation sites excluding steroid dienone is 1. The monoisotopic (exact) mass is 426 g/mol. The van der Waals surface area contributed by atoms with E-state index in [-0.39, 0.29) is 27.9 Å². The minimum absolute atomic E-state index is 0.0310. The molecule has 4 rings (SSSR count). The number of rotatable bonds is 5. The first-order valence-corrected chi connectivity index (χ1v) is 10.2. The van der Waals surface area contributed by atoms with Crippen LogP contribution in [0, 0.1) is 5.82 Å². The summed E-state index contributed by atoms with van der Waals surface area (Å²) in [6.07, 6.45) is 1.58. The number of fused-ring (bicyclic) bond motifs is 1. The van der Waals surface area contributed by atoms with Crippen molar-refractivity contribution < 1.29 is 31.3 Å². The van der Waals surface area contributed by atoms with Crippen LogP contribution in [-0.2, 0) is 10.1 Å². The van der Waals surface area contributed by atoms with E-state index in [0.717, 1.165) is 29.8 Å². The molecule has 8 heteroatoms. The van der Waals surface area contributed by atoms with Crippen LogP contribution in [0.5, 0.6) is 17.2 Å². The van der Waals surface area contributed by atoms with Crippen LogP contribution >= 0.6 is 0 Å². The lowest BCUT2D eigenvalue weighted by atomic mass is 10.1. The molecule has 0 unspecified atom stereocenters. The van der Waals surface area contributed by atoms with Gasteiger partial charge in [0.1, 0.15) is 28.0 Å². The normalized spacial score (nSPS) is 14.3. The lowest BCUT2D eigenvalue weighted by molar-refractivity contribution is 0.101. The van der Waals surface area contributed by atoms with Crippen LogP contribution < -0.4 is 13.7 Å². The summed E-state index contributed by atoms with van der Waals surface area (Å²) in [5.41, 5.74) is 1.03. The van der Waals surface area contributed by atoms with Crippen LogP contribution in [0.15, 0.2) is 77.4 Å². The molecule has 1 heterocycles. The Balaban J connectivity index is 1.57. The fraction of sp³-hybridized carbons (Fsp3) is 0.0455. The van der Waals surface area contributed by atoms with Crippen molar-refractivity contribution in [2.75, 3.05) is 7.11 Å². The van der Waals surface area contributed by atoms with Gasteiger partial charge in [0.2, 0.25) is 5.78 Å². The van der Waals surface area contributed by atoms with Gasteiger partial charge in [0.15, 0.2) is 5.76 Å². The molecular weight excluding hydrogens is 411 g/mol. The van der Waals surface area contributed by atoms with Crippen molar-refractivity contribution >= 4 is 22.0 Å². The molecule has 6 nitrogen and oxygen atoms in total. The van der Waals surface area contributed by atoms with Crippen LogP contribution in [0.4, 0.5) is 4.39 Å². The molecule has 0 spiro atoms. The number of halogens is 1. The number of methoxy groups -OCH3 is 1. The maximum atomic E-state index is 13.0. The van der Waals surface area contributed by atoms with Gasteiger partial charge < -0.3 is 13.7 Å². The summed E-state index contributed by atoms with van der Waals surface area (Å²) in [6.45, 7) is 0. The molecular formula is C22H15FO6S. The molecule has 0 N–H and O–H groups in total. The molecule has 0 radical (unpaired) electrons. The minimum Gasteiger partial charge on any atom is -0.497 e. The summed E-state index contributed by atoms with van der Waals surface area (Å²) >= 11 is 0. The Hall–Kier alpha value is -3.65. The van der Waals surface area contributed by atoms with Gasteiger partial charge in [-0.3, -0.25) is 4.79 Å². The Morgan fingerprint density at radius 1 is 0.933 bits per heavy atom. The Labute approximate surface area is 172 Å². The molecule has 0 saturated carbocycles. The maximum Gasteiger partial charge on any atom is 0.339 e. The van der Waals surface area contributed by atoms with Gasteiger partial charge in [0, 0.05) is 6.07 Å². The summed E-state index contributed by atoms with van der Waals surface area (Å²) < 4.78 is 53.6. The van der Waals surface area contributed by atoms with Gasteiger partial charge in [-0.15, -0.1) is 0 Å². The molecule has 0 amide bonds. The van der Waals surface area contributed by atoms with Crippen molar-refractivity contribution in [3.8, 4) is 17.2 Å². The lowest BCUT2D eigenvalue weighted by Gasteiger charge is -2.08. The minimum atomic E-state index is -4.16. The molecule has 0 bridgehead atoms. The van der Waals surface area contributed by atoms with Gasteiger partial charge in [-0.25, -0.2) is 4.39 Å². The third-order valence-corrected chi connectivity index (χ3v) is 5.62. The molecule has 3 aromatic rings.